The lowest BCUT2D eigenvalue weighted by Crippen LogP contribution is -2.52. The fourth-order valence-corrected chi connectivity index (χ4v) is 2.97. The zero-order valence-corrected chi connectivity index (χ0v) is 13.0. The molecule has 1 atom stereocenters. The van der Waals surface area contributed by atoms with Gasteiger partial charge in [-0.05, 0) is 42.4 Å². The highest BCUT2D eigenvalue weighted by atomic mass is 15.2. The molecule has 1 aliphatic rings. The van der Waals surface area contributed by atoms with E-state index in [0.29, 0.717) is 12.0 Å². The maximum Gasteiger partial charge on any atom is 0.0657 e. The van der Waals surface area contributed by atoms with E-state index in [2.05, 4.69) is 36.6 Å². The van der Waals surface area contributed by atoms with Gasteiger partial charge in [0.15, 0.2) is 0 Å². The Morgan fingerprint density at radius 1 is 1.48 bits per heavy atom. The first-order valence-corrected chi connectivity index (χ1v) is 7.70. The summed E-state index contributed by atoms with van der Waals surface area (Å²) in [6.07, 6.45) is 2.81. The van der Waals surface area contributed by atoms with E-state index in [1.165, 1.54) is 16.7 Å². The van der Waals surface area contributed by atoms with Crippen LogP contribution in [0.25, 0.3) is 0 Å². The van der Waals surface area contributed by atoms with Gasteiger partial charge in [-0.2, -0.15) is 0 Å². The van der Waals surface area contributed by atoms with Crippen molar-refractivity contribution in [2.75, 3.05) is 19.6 Å². The lowest BCUT2D eigenvalue weighted by atomic mass is 9.88. The number of benzene rings is 1. The highest BCUT2D eigenvalue weighted by molar-refractivity contribution is 6.08. The summed E-state index contributed by atoms with van der Waals surface area (Å²) in [5, 5.41) is 0. The first-order valence-electron chi connectivity index (χ1n) is 7.70. The van der Waals surface area contributed by atoms with Gasteiger partial charge in [-0.25, -0.2) is 0 Å². The number of nitrogens with two attached hydrogens (primary N) is 2. The largest absolute Gasteiger partial charge is 0.401 e. The Morgan fingerprint density at radius 3 is 2.76 bits per heavy atom. The predicted octanol–water partition coefficient (Wildman–Crippen LogP) is 1.40. The Balaban J connectivity index is 1.81. The van der Waals surface area contributed by atoms with Gasteiger partial charge >= 0.3 is 0 Å². The molecule has 0 amide bonds. The van der Waals surface area contributed by atoms with Crippen LogP contribution in [0, 0.1) is 12.8 Å². The Labute approximate surface area is 129 Å². The second-order valence-electron chi connectivity index (χ2n) is 6.27. The second-order valence-corrected chi connectivity index (χ2v) is 6.27. The number of hydrogen-bond donors (Lipinski definition) is 2. The molecule has 1 aromatic carbocycles. The molecule has 4 N–H and O–H groups in total. The molecule has 1 aromatic rings. The zero-order valence-electron chi connectivity index (χ0n) is 13.0. The molecule has 2 rings (SSSR count). The molecule has 1 saturated heterocycles. The van der Waals surface area contributed by atoms with Crippen molar-refractivity contribution in [2.45, 2.75) is 32.1 Å². The number of likely N-dealkylation sites (tertiary alicyclic amines) is 1. The minimum absolute atomic E-state index is 0.108. The molecule has 0 saturated carbocycles. The van der Waals surface area contributed by atoms with Crippen LogP contribution in [0.1, 0.15) is 16.7 Å². The molecule has 112 valence electrons. The van der Waals surface area contributed by atoms with Crippen molar-refractivity contribution in [3.05, 3.63) is 47.2 Å². The third-order valence-corrected chi connectivity index (χ3v) is 4.31. The van der Waals surface area contributed by atoms with E-state index in [9.17, 15) is 0 Å². The van der Waals surface area contributed by atoms with Crippen LogP contribution in [0.15, 0.2) is 30.5 Å². The average molecular weight is 283 g/mol. The van der Waals surface area contributed by atoms with Gasteiger partial charge in [-0.3, -0.25) is 0 Å². The summed E-state index contributed by atoms with van der Waals surface area (Å²) in [5.74, 6) is 0.724. The summed E-state index contributed by atoms with van der Waals surface area (Å²) in [7, 11) is 5.61. The molecular weight excluding hydrogens is 257 g/mol. The molecule has 1 heterocycles. The fourth-order valence-electron chi connectivity index (χ4n) is 2.97. The van der Waals surface area contributed by atoms with Crippen molar-refractivity contribution in [3.8, 4) is 0 Å². The van der Waals surface area contributed by atoms with E-state index in [0.717, 1.165) is 38.4 Å². The quantitative estimate of drug-likeness (QED) is 0.744. The minimum Gasteiger partial charge on any atom is -0.401 e. The van der Waals surface area contributed by atoms with Gasteiger partial charge in [-0.1, -0.05) is 31.1 Å². The van der Waals surface area contributed by atoms with Gasteiger partial charge in [0.25, 0.3) is 0 Å². The predicted molar refractivity (Wildman–Crippen MR) is 90.4 cm³/mol. The van der Waals surface area contributed by atoms with E-state index < -0.39 is 0 Å². The highest BCUT2D eigenvalue weighted by Gasteiger charge is 2.28. The number of rotatable bonds is 7. The van der Waals surface area contributed by atoms with Crippen LogP contribution < -0.4 is 11.5 Å². The molecule has 0 bridgehead atoms. The summed E-state index contributed by atoms with van der Waals surface area (Å²) in [5.41, 5.74) is 16.3. The molecule has 21 heavy (non-hydrogen) atoms. The lowest BCUT2D eigenvalue weighted by Gasteiger charge is -2.41. The maximum atomic E-state index is 5.92. The Hall–Kier alpha value is -1.26. The van der Waals surface area contributed by atoms with Crippen molar-refractivity contribution in [1.29, 1.82) is 0 Å². The van der Waals surface area contributed by atoms with E-state index in [1.807, 2.05) is 0 Å². The van der Waals surface area contributed by atoms with Crippen LogP contribution in [-0.2, 0) is 12.8 Å². The summed E-state index contributed by atoms with van der Waals surface area (Å²) in [6, 6.07) is 6.63. The van der Waals surface area contributed by atoms with Gasteiger partial charge in [0.05, 0.1) is 13.9 Å². The van der Waals surface area contributed by atoms with Crippen molar-refractivity contribution in [2.24, 2.45) is 17.4 Å². The summed E-state index contributed by atoms with van der Waals surface area (Å²) in [6.45, 7) is 8.92. The van der Waals surface area contributed by atoms with E-state index in [-0.39, 0.29) is 6.04 Å². The minimum atomic E-state index is -0.108. The summed E-state index contributed by atoms with van der Waals surface area (Å²) in [4.78, 5) is 2.35. The fraction of sp³-hybridized carbons (Fsp3) is 0.529. The third-order valence-electron chi connectivity index (χ3n) is 4.31. The van der Waals surface area contributed by atoms with Gasteiger partial charge in [0.1, 0.15) is 0 Å². The third kappa shape index (κ3) is 4.35. The first-order chi connectivity index (χ1) is 9.99. The molecule has 2 radical (unpaired) electrons. The molecule has 0 spiro atoms. The SMILES string of the molecule is [B]CCc1ccc(CC2CN(CC(N)C(=C)N)C2)c(C)c1. The highest BCUT2D eigenvalue weighted by Crippen LogP contribution is 2.23. The summed E-state index contributed by atoms with van der Waals surface area (Å²) < 4.78 is 0. The lowest BCUT2D eigenvalue weighted by molar-refractivity contribution is 0.0970. The molecule has 4 heteroatoms. The van der Waals surface area contributed by atoms with Gasteiger partial charge < -0.3 is 16.4 Å². The normalized spacial score (nSPS) is 17.4. The van der Waals surface area contributed by atoms with Crippen molar-refractivity contribution < 1.29 is 0 Å². The van der Waals surface area contributed by atoms with Gasteiger partial charge in [-0.15, -0.1) is 0 Å². The van der Waals surface area contributed by atoms with E-state index in [4.69, 9.17) is 19.3 Å². The number of hydrogen-bond acceptors (Lipinski definition) is 3. The topological polar surface area (TPSA) is 55.3 Å². The molecule has 1 unspecified atom stereocenters. The van der Waals surface area contributed by atoms with Crippen LogP contribution in [0.2, 0.25) is 6.32 Å². The first kappa shape index (κ1) is 16.1. The van der Waals surface area contributed by atoms with Gasteiger partial charge in [0, 0.05) is 25.3 Å². The molecular formula is C17H26BN3. The smallest absolute Gasteiger partial charge is 0.0657 e. The molecule has 0 aliphatic carbocycles. The second kappa shape index (κ2) is 7.14. The standard InChI is InChI=1S/C17H26BN3/c1-12-7-14(5-6-18)3-4-16(12)8-15-9-21(10-15)11-17(20)13(2)19/h3-4,7,15,17H,2,5-6,8-11,19-20H2,1H3. The van der Waals surface area contributed by atoms with Crippen molar-refractivity contribution >= 4 is 7.85 Å². The van der Waals surface area contributed by atoms with Crippen LogP contribution in [-0.4, -0.2) is 38.4 Å². The van der Waals surface area contributed by atoms with Crippen LogP contribution in [0.5, 0.6) is 0 Å². The molecule has 1 fully saturated rings. The molecule has 1 aliphatic heterocycles. The molecule has 0 aromatic heterocycles. The Kier molecular flexibility index (Phi) is 5.48. The maximum absolute atomic E-state index is 5.92. The number of nitrogens with zero attached hydrogens (tertiary/aromatic N) is 1. The van der Waals surface area contributed by atoms with Crippen LogP contribution in [0.3, 0.4) is 0 Å². The van der Waals surface area contributed by atoms with Crippen molar-refractivity contribution in [1.82, 2.24) is 4.90 Å². The average Bonchev–Trinajstić information content (AvgIpc) is 2.38. The number of aryl methyl sites for hydroxylation is 2. The van der Waals surface area contributed by atoms with Crippen LogP contribution >= 0.6 is 0 Å². The van der Waals surface area contributed by atoms with Crippen molar-refractivity contribution in [3.63, 3.8) is 0 Å². The van der Waals surface area contributed by atoms with Crippen LogP contribution in [0.4, 0.5) is 0 Å². The van der Waals surface area contributed by atoms with E-state index in [1.54, 1.807) is 0 Å². The van der Waals surface area contributed by atoms with E-state index >= 15 is 0 Å². The Bertz CT molecular complexity index is 495. The Morgan fingerprint density at radius 2 is 2.19 bits per heavy atom. The van der Waals surface area contributed by atoms with Gasteiger partial charge in [0.2, 0.25) is 0 Å². The summed E-state index contributed by atoms with van der Waals surface area (Å²) >= 11 is 0. The molecule has 3 nitrogen and oxygen atoms in total. The zero-order chi connectivity index (χ0) is 15.4. The monoisotopic (exact) mass is 283 g/mol.